The molecule has 62 heavy (non-hydrogen) atoms. The molecule has 0 aromatic carbocycles. The van der Waals surface area contributed by atoms with Crippen LogP contribution in [0.25, 0.3) is 0 Å². The fourth-order valence-corrected chi connectivity index (χ4v) is 16.8. The molecule has 0 radical (unpaired) electrons. The predicted molar refractivity (Wildman–Crippen MR) is 276 cm³/mol. The first kappa shape index (κ1) is 52.9. The molecule has 1 heteroatoms. The van der Waals surface area contributed by atoms with Crippen LogP contribution in [0.2, 0.25) is 0 Å². The topological polar surface area (TPSA) is 12.0 Å². The molecule has 0 aliphatic heterocycles. The molecule has 364 valence electrons. The molecule has 0 amide bonds. The van der Waals surface area contributed by atoms with Crippen LogP contribution >= 0.6 is 0 Å². The van der Waals surface area contributed by atoms with Crippen LogP contribution < -0.4 is 5.32 Å². The Morgan fingerprint density at radius 1 is 0.597 bits per heavy atom. The third-order valence-electron chi connectivity index (χ3n) is 21.2. The van der Waals surface area contributed by atoms with Gasteiger partial charge in [-0.1, -0.05) is 192 Å². The van der Waals surface area contributed by atoms with Gasteiger partial charge < -0.3 is 5.32 Å². The molecule has 5 aliphatic carbocycles. The standard InChI is InChI=1S/C61H115N/c1-12-16-19-28-49(29-20-17-13-2)58(47(9)44(5)6)36-33-50-34-37-59(57(15-4)56(50)14-3)61(10,11)60(52-31-30-45(7)39-52)40-46(8)53-41-54(42-53)51-32-35-55(43-51)62-38-24-23-27-48-25-21-18-22-26-48/h44-60,62H,12-43H2,1-11H3. The van der Waals surface area contributed by atoms with Gasteiger partial charge in [-0.2, -0.15) is 0 Å². The highest BCUT2D eigenvalue weighted by molar-refractivity contribution is 5.00. The van der Waals surface area contributed by atoms with Crippen LogP contribution in [-0.4, -0.2) is 12.6 Å². The molecule has 1 N–H and O–H groups in total. The van der Waals surface area contributed by atoms with E-state index in [1.165, 1.54) is 193 Å². The summed E-state index contributed by atoms with van der Waals surface area (Å²) in [6, 6.07) is 0.822. The van der Waals surface area contributed by atoms with Gasteiger partial charge in [-0.15, -0.1) is 0 Å². The van der Waals surface area contributed by atoms with E-state index in [9.17, 15) is 0 Å². The monoisotopic (exact) mass is 862 g/mol. The lowest BCUT2D eigenvalue weighted by Gasteiger charge is -2.54. The lowest BCUT2D eigenvalue weighted by molar-refractivity contribution is -0.0523. The van der Waals surface area contributed by atoms with Crippen molar-refractivity contribution in [3.05, 3.63) is 0 Å². The highest BCUT2D eigenvalue weighted by Crippen LogP contribution is 2.59. The number of nitrogens with one attached hydrogen (secondary N) is 1. The van der Waals surface area contributed by atoms with E-state index in [2.05, 4.69) is 81.5 Å². The lowest BCUT2D eigenvalue weighted by Crippen LogP contribution is -2.47. The van der Waals surface area contributed by atoms with Crippen molar-refractivity contribution in [3.8, 4) is 0 Å². The Labute approximate surface area is 391 Å². The second-order valence-electron chi connectivity index (χ2n) is 25.7. The molecule has 0 aromatic rings. The maximum Gasteiger partial charge on any atom is 0.00699 e. The molecule has 0 aromatic heterocycles. The van der Waals surface area contributed by atoms with Crippen LogP contribution in [0.5, 0.6) is 0 Å². The molecule has 12 unspecified atom stereocenters. The Bertz CT molecular complexity index is 1150. The van der Waals surface area contributed by atoms with Crippen LogP contribution in [0, 0.1) is 100 Å². The maximum absolute atomic E-state index is 4.05. The molecule has 5 rings (SSSR count). The zero-order chi connectivity index (χ0) is 44.6. The number of hydrogen-bond acceptors (Lipinski definition) is 1. The van der Waals surface area contributed by atoms with Crippen LogP contribution in [0.3, 0.4) is 0 Å². The average Bonchev–Trinajstić information content (AvgIpc) is 3.90. The lowest BCUT2D eigenvalue weighted by atomic mass is 9.51. The van der Waals surface area contributed by atoms with E-state index in [-0.39, 0.29) is 0 Å². The minimum atomic E-state index is 0.449. The summed E-state index contributed by atoms with van der Waals surface area (Å²) < 4.78 is 0. The van der Waals surface area contributed by atoms with E-state index in [0.717, 1.165) is 101 Å². The Kier molecular flexibility index (Phi) is 23.1. The quantitative estimate of drug-likeness (QED) is 0.0739. The highest BCUT2D eigenvalue weighted by atomic mass is 14.9. The van der Waals surface area contributed by atoms with Gasteiger partial charge in [-0.25, -0.2) is 0 Å². The Morgan fingerprint density at radius 2 is 1.29 bits per heavy atom. The Morgan fingerprint density at radius 3 is 1.90 bits per heavy atom. The SMILES string of the molecule is CCCCCC(CCCCC)C(CCC1CCC(C(C)(C)C(CC(C)C2CC(C3CCC(NCCCCC4CCCCC4)C3)C2)C2CCC(C)C2)C(CC)C1CC)C(C)C(C)C. The van der Waals surface area contributed by atoms with Crippen LogP contribution in [0.4, 0.5) is 0 Å². The molecule has 0 spiro atoms. The number of rotatable bonds is 29. The van der Waals surface area contributed by atoms with Gasteiger partial charge in [0.05, 0.1) is 0 Å². The summed E-state index contributed by atoms with van der Waals surface area (Å²) in [5.74, 6) is 15.1. The Balaban J connectivity index is 1.16. The summed E-state index contributed by atoms with van der Waals surface area (Å²) in [6.45, 7) is 30.0. The summed E-state index contributed by atoms with van der Waals surface area (Å²) in [7, 11) is 0. The van der Waals surface area contributed by atoms with Crippen molar-refractivity contribution >= 4 is 0 Å². The van der Waals surface area contributed by atoms with Gasteiger partial charge in [0.2, 0.25) is 0 Å². The van der Waals surface area contributed by atoms with Crippen molar-refractivity contribution in [3.63, 3.8) is 0 Å². The van der Waals surface area contributed by atoms with E-state index in [1.807, 2.05) is 0 Å². The van der Waals surface area contributed by atoms with Crippen LogP contribution in [-0.2, 0) is 0 Å². The van der Waals surface area contributed by atoms with Gasteiger partial charge in [-0.3, -0.25) is 0 Å². The van der Waals surface area contributed by atoms with Gasteiger partial charge in [0.25, 0.3) is 0 Å². The third-order valence-corrected chi connectivity index (χ3v) is 21.2. The number of unbranched alkanes of at least 4 members (excludes halogenated alkanes) is 5. The minimum absolute atomic E-state index is 0.449. The van der Waals surface area contributed by atoms with Crippen molar-refractivity contribution < 1.29 is 0 Å². The summed E-state index contributed by atoms with van der Waals surface area (Å²) in [5.41, 5.74) is 0.449. The van der Waals surface area contributed by atoms with Crippen molar-refractivity contribution in [1.82, 2.24) is 5.32 Å². The van der Waals surface area contributed by atoms with E-state index < -0.39 is 0 Å². The Hall–Kier alpha value is -0.0400. The normalized spacial score (nSPS) is 33.2. The highest BCUT2D eigenvalue weighted by Gasteiger charge is 2.51. The van der Waals surface area contributed by atoms with Crippen molar-refractivity contribution in [2.45, 2.75) is 281 Å². The minimum Gasteiger partial charge on any atom is -0.314 e. The molecule has 5 fully saturated rings. The predicted octanol–water partition coefficient (Wildman–Crippen LogP) is 19.2. The fraction of sp³-hybridized carbons (Fsp3) is 1.00. The van der Waals surface area contributed by atoms with Crippen molar-refractivity contribution in [1.29, 1.82) is 0 Å². The molecular weight excluding hydrogens is 747 g/mol. The zero-order valence-corrected chi connectivity index (χ0v) is 44.4. The molecular formula is C61H115N. The van der Waals surface area contributed by atoms with Crippen molar-refractivity contribution in [2.24, 2.45) is 100 Å². The summed E-state index contributed by atoms with van der Waals surface area (Å²) >= 11 is 0. The van der Waals surface area contributed by atoms with Gasteiger partial charge in [0.1, 0.15) is 0 Å². The zero-order valence-electron chi connectivity index (χ0n) is 44.4. The number of hydrogen-bond donors (Lipinski definition) is 1. The fourth-order valence-electron chi connectivity index (χ4n) is 16.8. The van der Waals surface area contributed by atoms with Crippen LogP contribution in [0.1, 0.15) is 275 Å². The summed E-state index contributed by atoms with van der Waals surface area (Å²) in [4.78, 5) is 0. The van der Waals surface area contributed by atoms with E-state index >= 15 is 0 Å². The molecule has 0 heterocycles. The largest absolute Gasteiger partial charge is 0.314 e. The molecule has 5 saturated carbocycles. The third kappa shape index (κ3) is 15.0. The van der Waals surface area contributed by atoms with Gasteiger partial charge in [0, 0.05) is 6.04 Å². The molecule has 1 nitrogen and oxygen atoms in total. The first-order chi connectivity index (χ1) is 29.9. The first-order valence-electron chi connectivity index (χ1n) is 29.6. The van der Waals surface area contributed by atoms with Gasteiger partial charge in [-0.05, 0) is 190 Å². The van der Waals surface area contributed by atoms with Gasteiger partial charge in [0.15, 0.2) is 0 Å². The second kappa shape index (κ2) is 27.1. The van der Waals surface area contributed by atoms with E-state index in [1.54, 1.807) is 12.8 Å². The van der Waals surface area contributed by atoms with Crippen molar-refractivity contribution in [2.75, 3.05) is 6.54 Å². The smallest absolute Gasteiger partial charge is 0.00699 e. The molecule has 0 saturated heterocycles. The van der Waals surface area contributed by atoms with E-state index in [0.29, 0.717) is 5.41 Å². The maximum atomic E-state index is 4.05. The molecule has 5 aliphatic rings. The summed E-state index contributed by atoms with van der Waals surface area (Å²) in [6.07, 6.45) is 45.9. The van der Waals surface area contributed by atoms with Crippen LogP contribution in [0.15, 0.2) is 0 Å². The van der Waals surface area contributed by atoms with Gasteiger partial charge >= 0.3 is 0 Å². The average molecular weight is 863 g/mol. The second-order valence-corrected chi connectivity index (χ2v) is 25.7. The first-order valence-corrected chi connectivity index (χ1v) is 29.6. The van der Waals surface area contributed by atoms with E-state index in [4.69, 9.17) is 0 Å². The summed E-state index contributed by atoms with van der Waals surface area (Å²) in [5, 5.41) is 4.05. The molecule has 12 atom stereocenters. The molecule has 0 bridgehead atoms.